The summed E-state index contributed by atoms with van der Waals surface area (Å²) in [7, 11) is 0. The van der Waals surface area contributed by atoms with Crippen LogP contribution in [0.4, 0.5) is 0 Å². The van der Waals surface area contributed by atoms with Crippen LogP contribution in [0.3, 0.4) is 0 Å². The maximum Gasteiger partial charge on any atom is 0.263 e. The lowest BCUT2D eigenvalue weighted by atomic mass is 10.1. The molecule has 5 heteroatoms. The van der Waals surface area contributed by atoms with Crippen LogP contribution in [0.15, 0.2) is 41.5 Å². The van der Waals surface area contributed by atoms with Crippen molar-refractivity contribution < 1.29 is 9.90 Å². The molecule has 0 saturated heterocycles. The Morgan fingerprint density at radius 1 is 1.47 bits per heavy atom. The minimum Gasteiger partial charge on any atom is -0.507 e. The van der Waals surface area contributed by atoms with Crippen molar-refractivity contribution in [2.24, 2.45) is 0 Å². The van der Waals surface area contributed by atoms with E-state index in [2.05, 4.69) is 9.97 Å². The Labute approximate surface area is 109 Å². The first-order valence-electron chi connectivity index (χ1n) is 5.63. The fourth-order valence-corrected chi connectivity index (χ4v) is 1.64. The van der Waals surface area contributed by atoms with Crippen LogP contribution in [-0.2, 0) is 0 Å². The van der Waals surface area contributed by atoms with Crippen molar-refractivity contribution in [1.29, 1.82) is 0 Å². The number of carbonyl (C=O) groups is 1. The zero-order valence-corrected chi connectivity index (χ0v) is 10.3. The normalized spacial score (nSPS) is 10.8. The van der Waals surface area contributed by atoms with E-state index in [0.29, 0.717) is 5.69 Å². The Kier molecular flexibility index (Phi) is 3.56. The van der Waals surface area contributed by atoms with Gasteiger partial charge in [-0.1, -0.05) is 6.07 Å². The highest BCUT2D eigenvalue weighted by atomic mass is 16.3. The molecule has 0 saturated carbocycles. The van der Waals surface area contributed by atoms with Gasteiger partial charge in [-0.2, -0.15) is 0 Å². The summed E-state index contributed by atoms with van der Waals surface area (Å²) < 4.78 is 0. The number of aromatic amines is 1. The molecule has 0 bridgehead atoms. The van der Waals surface area contributed by atoms with Crippen LogP contribution in [0.1, 0.15) is 21.6 Å². The quantitative estimate of drug-likeness (QED) is 0.646. The maximum absolute atomic E-state index is 11.9. The Morgan fingerprint density at radius 3 is 2.89 bits per heavy atom. The Morgan fingerprint density at radius 2 is 2.26 bits per heavy atom. The summed E-state index contributed by atoms with van der Waals surface area (Å²) in [5.41, 5.74) is 0.373. The van der Waals surface area contributed by atoms with Crippen LogP contribution in [0.25, 0.3) is 6.08 Å². The molecule has 2 rings (SSSR count). The number of pyridine rings is 2. The second kappa shape index (κ2) is 5.30. The van der Waals surface area contributed by atoms with E-state index in [4.69, 9.17) is 0 Å². The molecule has 0 aliphatic rings. The highest BCUT2D eigenvalue weighted by Gasteiger charge is 2.13. The van der Waals surface area contributed by atoms with E-state index in [9.17, 15) is 14.7 Å². The van der Waals surface area contributed by atoms with Gasteiger partial charge >= 0.3 is 0 Å². The van der Waals surface area contributed by atoms with Gasteiger partial charge in [0.15, 0.2) is 5.78 Å². The SMILES string of the molecule is Cc1cc(O)c(C(=O)/C=C\c2cccnc2)c(=O)[nH]1. The van der Waals surface area contributed by atoms with E-state index in [1.54, 1.807) is 31.5 Å². The fraction of sp³-hybridized carbons (Fsp3) is 0.0714. The monoisotopic (exact) mass is 256 g/mol. The van der Waals surface area contributed by atoms with Crippen LogP contribution in [0.2, 0.25) is 0 Å². The summed E-state index contributed by atoms with van der Waals surface area (Å²) in [5, 5.41) is 9.65. The summed E-state index contributed by atoms with van der Waals surface area (Å²) in [4.78, 5) is 29.9. The van der Waals surface area contributed by atoms with Crippen LogP contribution < -0.4 is 5.56 Å². The molecule has 96 valence electrons. The molecule has 19 heavy (non-hydrogen) atoms. The van der Waals surface area contributed by atoms with Gasteiger partial charge in [0.25, 0.3) is 5.56 Å². The molecule has 2 aromatic rings. The van der Waals surface area contributed by atoms with Gasteiger partial charge in [0.05, 0.1) is 0 Å². The number of aromatic hydroxyl groups is 1. The molecule has 0 unspecified atom stereocenters. The molecule has 2 aromatic heterocycles. The third-order valence-corrected chi connectivity index (χ3v) is 2.51. The fourth-order valence-electron chi connectivity index (χ4n) is 1.64. The van der Waals surface area contributed by atoms with Crippen LogP contribution >= 0.6 is 0 Å². The number of ketones is 1. The van der Waals surface area contributed by atoms with Crippen molar-refractivity contribution in [2.75, 3.05) is 0 Å². The van der Waals surface area contributed by atoms with Crippen molar-refractivity contribution in [3.8, 4) is 5.75 Å². The molecule has 0 fully saturated rings. The number of allylic oxidation sites excluding steroid dienone is 1. The number of carbonyl (C=O) groups excluding carboxylic acids is 1. The Bertz CT molecular complexity index is 688. The summed E-state index contributed by atoms with van der Waals surface area (Å²) in [6.07, 6.45) is 5.98. The molecule has 0 spiro atoms. The average Bonchev–Trinajstić information content (AvgIpc) is 2.36. The molecule has 2 N–H and O–H groups in total. The molecule has 0 atom stereocenters. The molecule has 0 amide bonds. The lowest BCUT2D eigenvalue weighted by Crippen LogP contribution is -2.17. The zero-order valence-electron chi connectivity index (χ0n) is 10.3. The first kappa shape index (κ1) is 12.8. The van der Waals surface area contributed by atoms with E-state index in [1.165, 1.54) is 18.2 Å². The van der Waals surface area contributed by atoms with Crippen LogP contribution in [0, 0.1) is 6.92 Å². The summed E-state index contributed by atoms with van der Waals surface area (Å²) in [5.74, 6) is -0.871. The van der Waals surface area contributed by atoms with E-state index in [-0.39, 0.29) is 11.3 Å². The highest BCUT2D eigenvalue weighted by molar-refractivity contribution is 6.08. The number of aryl methyl sites for hydroxylation is 1. The lowest BCUT2D eigenvalue weighted by molar-refractivity contribution is 0.104. The molecular weight excluding hydrogens is 244 g/mol. The van der Waals surface area contributed by atoms with Crippen molar-refractivity contribution in [1.82, 2.24) is 9.97 Å². The topological polar surface area (TPSA) is 83.0 Å². The molecular formula is C14H12N2O3. The number of nitrogens with zero attached hydrogens (tertiary/aromatic N) is 1. The molecule has 0 radical (unpaired) electrons. The van der Waals surface area contributed by atoms with Crippen molar-refractivity contribution in [2.45, 2.75) is 6.92 Å². The first-order chi connectivity index (χ1) is 9.08. The molecule has 0 aromatic carbocycles. The third kappa shape index (κ3) is 2.95. The van der Waals surface area contributed by atoms with Gasteiger partial charge in [0, 0.05) is 18.1 Å². The minimum atomic E-state index is -0.599. The summed E-state index contributed by atoms with van der Waals surface area (Å²) in [6.45, 7) is 1.63. The van der Waals surface area contributed by atoms with Crippen molar-refractivity contribution in [3.05, 3.63) is 63.8 Å². The second-order valence-corrected chi connectivity index (χ2v) is 4.03. The predicted octanol–water partition coefficient (Wildman–Crippen LogP) is 1.68. The number of nitrogens with one attached hydrogen (secondary N) is 1. The second-order valence-electron chi connectivity index (χ2n) is 4.03. The average molecular weight is 256 g/mol. The van der Waals surface area contributed by atoms with E-state index in [0.717, 1.165) is 5.56 Å². The summed E-state index contributed by atoms with van der Waals surface area (Å²) in [6, 6.07) is 4.85. The van der Waals surface area contributed by atoms with E-state index >= 15 is 0 Å². The molecule has 0 aliphatic carbocycles. The number of H-pyrrole nitrogens is 1. The number of rotatable bonds is 3. The number of hydrogen-bond donors (Lipinski definition) is 2. The van der Waals surface area contributed by atoms with E-state index < -0.39 is 11.3 Å². The van der Waals surface area contributed by atoms with E-state index in [1.807, 2.05) is 0 Å². The minimum absolute atomic E-state index is 0.259. The van der Waals surface area contributed by atoms with Gasteiger partial charge in [-0.15, -0.1) is 0 Å². The van der Waals surface area contributed by atoms with Gasteiger partial charge < -0.3 is 10.1 Å². The smallest absolute Gasteiger partial charge is 0.263 e. The Hall–Kier alpha value is -2.69. The third-order valence-electron chi connectivity index (χ3n) is 2.51. The van der Waals surface area contributed by atoms with Gasteiger partial charge in [-0.25, -0.2) is 0 Å². The van der Waals surface area contributed by atoms with Crippen LogP contribution in [0.5, 0.6) is 5.75 Å². The molecule has 0 aliphatic heterocycles. The molecule has 5 nitrogen and oxygen atoms in total. The predicted molar refractivity (Wildman–Crippen MR) is 71.1 cm³/mol. The first-order valence-corrected chi connectivity index (χ1v) is 5.63. The Balaban J connectivity index is 2.31. The van der Waals surface area contributed by atoms with Crippen molar-refractivity contribution >= 4 is 11.9 Å². The summed E-state index contributed by atoms with van der Waals surface area (Å²) >= 11 is 0. The van der Waals surface area contributed by atoms with Gasteiger partial charge in [-0.3, -0.25) is 14.6 Å². The number of aromatic nitrogens is 2. The van der Waals surface area contributed by atoms with Gasteiger partial charge in [0.1, 0.15) is 11.3 Å². The zero-order chi connectivity index (χ0) is 13.8. The van der Waals surface area contributed by atoms with Gasteiger partial charge in [0.2, 0.25) is 0 Å². The largest absolute Gasteiger partial charge is 0.507 e. The number of hydrogen-bond acceptors (Lipinski definition) is 4. The highest BCUT2D eigenvalue weighted by Crippen LogP contribution is 2.14. The standard InChI is InChI=1S/C14H12N2O3/c1-9-7-12(18)13(14(19)16-9)11(17)5-4-10-3-2-6-15-8-10/h2-8H,1H3,(H2,16,18,19)/b5-4-. The molecule has 2 heterocycles. The maximum atomic E-state index is 11.9. The van der Waals surface area contributed by atoms with Crippen molar-refractivity contribution in [3.63, 3.8) is 0 Å². The lowest BCUT2D eigenvalue weighted by Gasteiger charge is -2.01. The van der Waals surface area contributed by atoms with Gasteiger partial charge in [-0.05, 0) is 36.8 Å². The van der Waals surface area contributed by atoms with Crippen LogP contribution in [-0.4, -0.2) is 20.9 Å².